The zero-order chi connectivity index (χ0) is 22.8. The summed E-state index contributed by atoms with van der Waals surface area (Å²) in [6.07, 6.45) is 3.00. The number of hydrogen-bond donors (Lipinski definition) is 2. The van der Waals surface area contributed by atoms with Crippen LogP contribution in [-0.4, -0.2) is 43.2 Å². The Morgan fingerprint density at radius 2 is 1.90 bits per heavy atom. The van der Waals surface area contributed by atoms with Crippen LogP contribution in [0.25, 0.3) is 5.69 Å². The highest BCUT2D eigenvalue weighted by Gasteiger charge is 2.34. The van der Waals surface area contributed by atoms with Gasteiger partial charge in [-0.3, -0.25) is 9.59 Å². The Balaban J connectivity index is 1.67. The van der Waals surface area contributed by atoms with Crippen molar-refractivity contribution >= 4 is 21.9 Å². The van der Waals surface area contributed by atoms with Crippen LogP contribution in [0, 0.1) is 19.8 Å². The molecular weight excluding hydrogens is 420 g/mol. The molecule has 1 aromatic heterocycles. The molecule has 1 atom stereocenters. The lowest BCUT2D eigenvalue weighted by Gasteiger charge is -2.17. The fourth-order valence-corrected chi connectivity index (χ4v) is 4.20. The molecule has 1 aromatic carbocycles. The van der Waals surface area contributed by atoms with E-state index in [1.165, 1.54) is 19.2 Å². The first-order chi connectivity index (χ1) is 14.6. The number of sulfonamides is 1. The summed E-state index contributed by atoms with van der Waals surface area (Å²) < 4.78 is 29.3. The Hall–Kier alpha value is -2.72. The molecule has 10 heteroatoms. The van der Waals surface area contributed by atoms with Gasteiger partial charge in [0.05, 0.1) is 29.8 Å². The quantitative estimate of drug-likeness (QED) is 0.559. The van der Waals surface area contributed by atoms with Crippen LogP contribution < -0.4 is 10.5 Å². The van der Waals surface area contributed by atoms with E-state index in [9.17, 15) is 18.0 Å². The molecule has 168 valence electrons. The maximum atomic E-state index is 12.5. The van der Waals surface area contributed by atoms with Crippen molar-refractivity contribution in [3.05, 3.63) is 41.2 Å². The van der Waals surface area contributed by atoms with Crippen LogP contribution >= 0.6 is 0 Å². The average Bonchev–Trinajstić information content (AvgIpc) is 3.52. The summed E-state index contributed by atoms with van der Waals surface area (Å²) in [5, 5.41) is 12.7. The average molecular weight is 449 g/mol. The van der Waals surface area contributed by atoms with Gasteiger partial charge in [-0.05, 0) is 68.9 Å². The summed E-state index contributed by atoms with van der Waals surface area (Å²) in [6, 6.07) is 5.98. The highest BCUT2D eigenvalue weighted by molar-refractivity contribution is 7.89. The number of benzene rings is 1. The van der Waals surface area contributed by atoms with Crippen LogP contribution in [0.3, 0.4) is 0 Å². The van der Waals surface area contributed by atoms with E-state index in [1.54, 1.807) is 16.8 Å². The van der Waals surface area contributed by atoms with Gasteiger partial charge in [-0.2, -0.15) is 5.10 Å². The Morgan fingerprint density at radius 1 is 1.26 bits per heavy atom. The lowest BCUT2D eigenvalue weighted by atomic mass is 10.1. The van der Waals surface area contributed by atoms with Crippen molar-refractivity contribution in [1.29, 1.82) is 0 Å². The lowest BCUT2D eigenvalue weighted by molar-refractivity contribution is -0.141. The summed E-state index contributed by atoms with van der Waals surface area (Å²) >= 11 is 0. The lowest BCUT2D eigenvalue weighted by Crippen LogP contribution is -2.38. The van der Waals surface area contributed by atoms with Gasteiger partial charge in [0.1, 0.15) is 0 Å². The molecule has 3 rings (SSSR count). The number of nitrogens with zero attached hydrogens (tertiary/aromatic N) is 2. The molecule has 0 aliphatic heterocycles. The Kier molecular flexibility index (Phi) is 6.80. The van der Waals surface area contributed by atoms with E-state index in [4.69, 9.17) is 9.88 Å². The van der Waals surface area contributed by atoms with E-state index in [2.05, 4.69) is 10.4 Å². The smallest absolute Gasteiger partial charge is 0.307 e. The molecule has 31 heavy (non-hydrogen) atoms. The molecule has 3 N–H and O–H groups in total. The first kappa shape index (κ1) is 23.0. The molecule has 1 fully saturated rings. The van der Waals surface area contributed by atoms with Crippen molar-refractivity contribution < 1.29 is 22.7 Å². The fraction of sp³-hybridized carbons (Fsp3) is 0.476. The second-order valence-electron chi connectivity index (χ2n) is 7.89. The Labute approximate surface area is 182 Å². The highest BCUT2D eigenvalue weighted by Crippen LogP contribution is 2.34. The molecule has 9 nitrogen and oxygen atoms in total. The van der Waals surface area contributed by atoms with Crippen molar-refractivity contribution in [2.24, 2.45) is 11.1 Å². The van der Waals surface area contributed by atoms with Gasteiger partial charge < -0.3 is 10.1 Å². The predicted molar refractivity (Wildman–Crippen MR) is 114 cm³/mol. The van der Waals surface area contributed by atoms with Crippen molar-refractivity contribution in [3.63, 3.8) is 0 Å². The van der Waals surface area contributed by atoms with E-state index in [0.29, 0.717) is 18.0 Å². The zero-order valence-electron chi connectivity index (χ0n) is 17.9. The van der Waals surface area contributed by atoms with Crippen LogP contribution in [0.2, 0.25) is 0 Å². The second-order valence-corrected chi connectivity index (χ2v) is 9.45. The molecule has 1 aliphatic rings. The highest BCUT2D eigenvalue weighted by atomic mass is 32.2. The van der Waals surface area contributed by atoms with Gasteiger partial charge in [0.25, 0.3) is 0 Å². The third-order valence-corrected chi connectivity index (χ3v) is 6.53. The van der Waals surface area contributed by atoms with Gasteiger partial charge in [-0.1, -0.05) is 0 Å². The number of amides is 1. The summed E-state index contributed by atoms with van der Waals surface area (Å²) in [7, 11) is -2.41. The topological polar surface area (TPSA) is 133 Å². The molecule has 1 saturated carbocycles. The van der Waals surface area contributed by atoms with Gasteiger partial charge in [-0.15, -0.1) is 0 Å². The predicted octanol–water partition coefficient (Wildman–Crippen LogP) is 1.53. The molecule has 0 spiro atoms. The van der Waals surface area contributed by atoms with Crippen LogP contribution in [0.5, 0.6) is 0 Å². The summed E-state index contributed by atoms with van der Waals surface area (Å²) in [4.78, 5) is 24.1. The molecule has 0 bridgehead atoms. The van der Waals surface area contributed by atoms with E-state index < -0.39 is 10.0 Å². The molecule has 1 aliphatic carbocycles. The van der Waals surface area contributed by atoms with Crippen LogP contribution in [0.15, 0.2) is 29.2 Å². The third-order valence-electron chi connectivity index (χ3n) is 5.60. The van der Waals surface area contributed by atoms with Gasteiger partial charge in [0.2, 0.25) is 15.9 Å². The zero-order valence-corrected chi connectivity index (χ0v) is 18.7. The number of aromatic nitrogens is 2. The number of hydrogen-bond acceptors (Lipinski definition) is 6. The van der Waals surface area contributed by atoms with E-state index in [0.717, 1.165) is 29.8 Å². The minimum absolute atomic E-state index is 0.0341. The van der Waals surface area contributed by atoms with Crippen LogP contribution in [0.4, 0.5) is 0 Å². The SMILES string of the molecule is COC(=O)C[C@H](NC(=O)CCc1c(C)nn(-c2ccc(S(N)(=O)=O)cc2)c1C)C1CC1. The summed E-state index contributed by atoms with van der Waals surface area (Å²) in [5.74, 6) is -0.0851. The van der Waals surface area contributed by atoms with E-state index in [-0.39, 0.29) is 35.7 Å². The van der Waals surface area contributed by atoms with Crippen molar-refractivity contribution in [3.8, 4) is 5.69 Å². The number of carbonyl (C=O) groups excluding carboxylic acids is 2. The van der Waals surface area contributed by atoms with Gasteiger partial charge in [-0.25, -0.2) is 18.2 Å². The number of rotatable bonds is 9. The molecule has 1 heterocycles. The Morgan fingerprint density at radius 3 is 2.45 bits per heavy atom. The number of nitrogens with two attached hydrogens (primary N) is 1. The molecular formula is C21H28N4O5S. The third kappa shape index (κ3) is 5.71. The maximum absolute atomic E-state index is 12.5. The van der Waals surface area contributed by atoms with Crippen LogP contribution in [-0.2, 0) is 30.8 Å². The monoisotopic (exact) mass is 448 g/mol. The van der Waals surface area contributed by atoms with E-state index >= 15 is 0 Å². The first-order valence-electron chi connectivity index (χ1n) is 10.1. The minimum Gasteiger partial charge on any atom is -0.469 e. The summed E-state index contributed by atoms with van der Waals surface area (Å²) in [5.41, 5.74) is 3.34. The first-order valence-corrected chi connectivity index (χ1v) is 11.7. The second kappa shape index (κ2) is 9.19. The molecule has 0 saturated heterocycles. The standard InChI is InChI=1S/C21H28N4O5S/c1-13-18(10-11-20(26)23-19(15-4-5-15)12-21(27)30-3)14(2)25(24-13)16-6-8-17(9-7-16)31(22,28)29/h6-9,15,19H,4-5,10-12H2,1-3H3,(H,23,26)(H2,22,28,29)/t19-/m0/s1. The normalized spacial score (nSPS) is 14.8. The minimum atomic E-state index is -3.76. The molecule has 2 aromatic rings. The molecule has 1 amide bonds. The number of aryl methyl sites for hydroxylation is 1. The van der Waals surface area contributed by atoms with Crippen molar-refractivity contribution in [2.45, 2.75) is 56.9 Å². The number of nitrogens with one attached hydrogen (secondary N) is 1. The summed E-state index contributed by atoms with van der Waals surface area (Å²) in [6.45, 7) is 3.78. The van der Waals surface area contributed by atoms with Gasteiger partial charge >= 0.3 is 5.97 Å². The number of methoxy groups -OCH3 is 1. The van der Waals surface area contributed by atoms with E-state index in [1.807, 2.05) is 13.8 Å². The van der Waals surface area contributed by atoms with Crippen LogP contribution in [0.1, 0.15) is 42.6 Å². The van der Waals surface area contributed by atoms with Crippen molar-refractivity contribution in [1.82, 2.24) is 15.1 Å². The number of carbonyl (C=O) groups is 2. The molecule has 0 radical (unpaired) electrons. The number of primary sulfonamides is 1. The van der Waals surface area contributed by atoms with Crippen molar-refractivity contribution in [2.75, 3.05) is 7.11 Å². The Bertz CT molecular complexity index is 1070. The number of ether oxygens (including phenoxy) is 1. The van der Waals surface area contributed by atoms with Gasteiger partial charge in [0.15, 0.2) is 0 Å². The fourth-order valence-electron chi connectivity index (χ4n) is 3.68. The van der Waals surface area contributed by atoms with Gasteiger partial charge in [0, 0.05) is 18.2 Å². The molecule has 0 unspecified atom stereocenters. The number of esters is 1. The maximum Gasteiger partial charge on any atom is 0.307 e. The largest absolute Gasteiger partial charge is 0.469 e.